The predicted octanol–water partition coefficient (Wildman–Crippen LogP) is 4.58. The third-order valence-corrected chi connectivity index (χ3v) is 9.26. The summed E-state index contributed by atoms with van der Waals surface area (Å²) in [6.07, 6.45) is 2.98. The number of rotatable bonds is 8. The molecule has 0 spiro atoms. The van der Waals surface area contributed by atoms with Crippen LogP contribution in [0.3, 0.4) is 0 Å². The van der Waals surface area contributed by atoms with Crippen molar-refractivity contribution in [3.8, 4) is 11.5 Å². The van der Waals surface area contributed by atoms with Gasteiger partial charge in [-0.1, -0.05) is 39.0 Å². The Kier molecular flexibility index (Phi) is 8.66. The van der Waals surface area contributed by atoms with E-state index < -0.39 is 6.10 Å². The van der Waals surface area contributed by atoms with Crippen LogP contribution >= 0.6 is 0 Å². The molecule has 2 amide bonds. The van der Waals surface area contributed by atoms with Crippen LogP contribution in [0.4, 0.5) is 0 Å². The minimum absolute atomic E-state index is 0.000588. The van der Waals surface area contributed by atoms with Gasteiger partial charge in [0.25, 0.3) is 5.91 Å². The first-order chi connectivity index (χ1) is 18.2. The standard InChI is InChI=1S/C31H42N2O5/c1-19(29(35)32-18-22-8-6-7-9-26(22)38-5)24-14-16-31(3)17-15-25(20(2)27(31)28(24)34)33-30(36)21-10-12-23(37-4)13-11-21/h6-13,19-20,24-25,27-28,34H,14-18H2,1-5H3,(H,32,35)(H,33,36)/t19-,20+,24-,25-,27+,28-,31-/m0/s1. The topological polar surface area (TPSA) is 96.9 Å². The fourth-order valence-electron chi connectivity index (χ4n) is 6.88. The van der Waals surface area contributed by atoms with E-state index in [4.69, 9.17) is 9.47 Å². The molecular formula is C31H42N2O5. The van der Waals surface area contributed by atoms with Gasteiger partial charge < -0.3 is 25.2 Å². The summed E-state index contributed by atoms with van der Waals surface area (Å²) in [6, 6.07) is 14.7. The van der Waals surface area contributed by atoms with Crippen molar-refractivity contribution in [2.75, 3.05) is 14.2 Å². The quantitative estimate of drug-likeness (QED) is 0.472. The first kappa shape index (κ1) is 28.0. The number of hydrogen-bond acceptors (Lipinski definition) is 5. The minimum atomic E-state index is -0.614. The van der Waals surface area contributed by atoms with Crippen LogP contribution in [0, 0.1) is 29.1 Å². The Hall–Kier alpha value is -3.06. The van der Waals surface area contributed by atoms with Gasteiger partial charge in [-0.25, -0.2) is 0 Å². The molecule has 2 aliphatic rings. The first-order valence-corrected chi connectivity index (χ1v) is 13.7. The number of aliphatic hydroxyl groups excluding tert-OH is 1. The van der Waals surface area contributed by atoms with Crippen LogP contribution < -0.4 is 20.1 Å². The van der Waals surface area contributed by atoms with E-state index >= 15 is 0 Å². The van der Waals surface area contributed by atoms with Gasteiger partial charge >= 0.3 is 0 Å². The van der Waals surface area contributed by atoms with Crippen molar-refractivity contribution in [1.82, 2.24) is 10.6 Å². The Balaban J connectivity index is 1.42. The average Bonchev–Trinajstić information content (AvgIpc) is 2.93. The van der Waals surface area contributed by atoms with Crippen LogP contribution in [0.25, 0.3) is 0 Å². The second kappa shape index (κ2) is 11.8. The largest absolute Gasteiger partial charge is 0.497 e. The van der Waals surface area contributed by atoms with Gasteiger partial charge in [-0.05, 0) is 79.2 Å². The van der Waals surface area contributed by atoms with Crippen LogP contribution in [0.2, 0.25) is 0 Å². The number of aliphatic hydroxyl groups is 1. The second-order valence-corrected chi connectivity index (χ2v) is 11.4. The maximum absolute atomic E-state index is 13.2. The van der Waals surface area contributed by atoms with E-state index in [2.05, 4.69) is 24.5 Å². The highest BCUT2D eigenvalue weighted by Crippen LogP contribution is 2.55. The number of ether oxygens (including phenoxy) is 2. The number of para-hydroxylation sites is 1. The van der Waals surface area contributed by atoms with Gasteiger partial charge in [0, 0.05) is 29.6 Å². The molecule has 0 aromatic heterocycles. The summed E-state index contributed by atoms with van der Waals surface area (Å²) < 4.78 is 10.6. The van der Waals surface area contributed by atoms with Crippen LogP contribution in [0.15, 0.2) is 48.5 Å². The summed E-state index contributed by atoms with van der Waals surface area (Å²) in [5, 5.41) is 18.0. The van der Waals surface area contributed by atoms with Crippen molar-refractivity contribution in [3.05, 3.63) is 59.7 Å². The van der Waals surface area contributed by atoms with Crippen LogP contribution in [0.5, 0.6) is 11.5 Å². The molecule has 7 nitrogen and oxygen atoms in total. The molecule has 7 heteroatoms. The number of nitrogens with one attached hydrogen (secondary N) is 2. The van der Waals surface area contributed by atoms with Crippen molar-refractivity contribution in [1.29, 1.82) is 0 Å². The molecule has 4 rings (SSSR count). The third kappa shape index (κ3) is 5.68. The maximum Gasteiger partial charge on any atom is 0.251 e. The molecule has 2 aromatic carbocycles. The molecular weight excluding hydrogens is 480 g/mol. The number of amides is 2. The first-order valence-electron chi connectivity index (χ1n) is 13.7. The van der Waals surface area contributed by atoms with Crippen LogP contribution in [-0.4, -0.2) is 43.3 Å². The van der Waals surface area contributed by atoms with Gasteiger partial charge in [-0.2, -0.15) is 0 Å². The lowest BCUT2D eigenvalue weighted by Crippen LogP contribution is -2.58. The van der Waals surface area contributed by atoms with Gasteiger partial charge in [0.2, 0.25) is 5.91 Å². The molecule has 0 bridgehead atoms. The van der Waals surface area contributed by atoms with E-state index in [1.807, 2.05) is 31.2 Å². The molecule has 0 radical (unpaired) electrons. The lowest BCUT2D eigenvalue weighted by Gasteiger charge is -2.56. The number of hydrogen-bond donors (Lipinski definition) is 3. The number of carbonyl (C=O) groups excluding carboxylic acids is 2. The van der Waals surface area contributed by atoms with E-state index in [9.17, 15) is 14.7 Å². The zero-order chi connectivity index (χ0) is 27.4. The van der Waals surface area contributed by atoms with E-state index in [-0.39, 0.29) is 46.9 Å². The van der Waals surface area contributed by atoms with E-state index in [1.54, 1.807) is 38.5 Å². The SMILES string of the molecule is COc1ccc(C(=O)N[C@H]2CC[C@]3(C)CC[C@@H]([C@H](C)C(=O)NCc4ccccc4OC)[C@H](O)[C@H]3[C@@H]2C)cc1. The van der Waals surface area contributed by atoms with Crippen molar-refractivity contribution in [2.24, 2.45) is 29.1 Å². The molecule has 0 saturated heterocycles. The minimum Gasteiger partial charge on any atom is -0.497 e. The molecule has 2 saturated carbocycles. The number of methoxy groups -OCH3 is 2. The molecule has 2 fully saturated rings. The molecule has 0 heterocycles. The van der Waals surface area contributed by atoms with Crippen molar-refractivity contribution in [3.63, 3.8) is 0 Å². The third-order valence-electron chi connectivity index (χ3n) is 9.26. The Morgan fingerprint density at radius 1 is 1.05 bits per heavy atom. The molecule has 0 unspecified atom stereocenters. The van der Waals surface area contributed by atoms with Crippen molar-refractivity contribution in [2.45, 2.75) is 65.1 Å². The normalized spacial score (nSPS) is 29.5. The fraction of sp³-hybridized carbons (Fsp3) is 0.548. The highest BCUT2D eigenvalue weighted by Gasteiger charge is 2.53. The Labute approximate surface area is 226 Å². The zero-order valence-electron chi connectivity index (χ0n) is 23.2. The highest BCUT2D eigenvalue weighted by atomic mass is 16.5. The zero-order valence-corrected chi connectivity index (χ0v) is 23.2. The molecule has 2 aromatic rings. The lowest BCUT2D eigenvalue weighted by atomic mass is 9.51. The van der Waals surface area contributed by atoms with Crippen molar-refractivity contribution < 1.29 is 24.2 Å². The molecule has 7 atom stereocenters. The number of carbonyl (C=O) groups is 2. The van der Waals surface area contributed by atoms with Gasteiger partial charge in [0.1, 0.15) is 11.5 Å². The molecule has 206 valence electrons. The molecule has 3 N–H and O–H groups in total. The fourth-order valence-corrected chi connectivity index (χ4v) is 6.88. The average molecular weight is 523 g/mol. The molecule has 38 heavy (non-hydrogen) atoms. The van der Waals surface area contributed by atoms with Crippen molar-refractivity contribution >= 4 is 11.8 Å². The number of benzene rings is 2. The van der Waals surface area contributed by atoms with E-state index in [0.29, 0.717) is 17.9 Å². The molecule has 2 aliphatic carbocycles. The Bertz CT molecular complexity index is 1120. The Morgan fingerprint density at radius 3 is 2.42 bits per heavy atom. The smallest absolute Gasteiger partial charge is 0.251 e. The summed E-state index contributed by atoms with van der Waals surface area (Å²) in [5.74, 6) is 0.900. The highest BCUT2D eigenvalue weighted by molar-refractivity contribution is 5.94. The van der Waals surface area contributed by atoms with Gasteiger partial charge in [0.05, 0.1) is 20.3 Å². The summed E-state index contributed by atoms with van der Waals surface area (Å²) in [5.41, 5.74) is 1.50. The van der Waals surface area contributed by atoms with Crippen LogP contribution in [-0.2, 0) is 11.3 Å². The Morgan fingerprint density at radius 2 is 1.74 bits per heavy atom. The molecule has 0 aliphatic heterocycles. The van der Waals surface area contributed by atoms with Gasteiger partial charge in [-0.15, -0.1) is 0 Å². The van der Waals surface area contributed by atoms with Gasteiger partial charge in [-0.3, -0.25) is 9.59 Å². The maximum atomic E-state index is 13.2. The summed E-state index contributed by atoms with van der Waals surface area (Å²) >= 11 is 0. The number of fused-ring (bicyclic) bond motifs is 1. The summed E-state index contributed by atoms with van der Waals surface area (Å²) in [7, 11) is 3.22. The predicted molar refractivity (Wildman–Crippen MR) is 147 cm³/mol. The van der Waals surface area contributed by atoms with Crippen LogP contribution in [0.1, 0.15) is 62.4 Å². The van der Waals surface area contributed by atoms with E-state index in [0.717, 1.165) is 37.0 Å². The lowest BCUT2D eigenvalue weighted by molar-refractivity contribution is -0.142. The summed E-state index contributed by atoms with van der Waals surface area (Å²) in [6.45, 7) is 6.71. The summed E-state index contributed by atoms with van der Waals surface area (Å²) in [4.78, 5) is 26.2. The van der Waals surface area contributed by atoms with Gasteiger partial charge in [0.15, 0.2) is 0 Å². The monoisotopic (exact) mass is 522 g/mol. The van der Waals surface area contributed by atoms with E-state index in [1.165, 1.54) is 0 Å². The second-order valence-electron chi connectivity index (χ2n) is 11.4.